The fourth-order valence-electron chi connectivity index (χ4n) is 3.02. The molecule has 1 heterocycles. The molecule has 1 saturated heterocycles. The van der Waals surface area contributed by atoms with Crippen LogP contribution in [0.5, 0.6) is 5.75 Å². The van der Waals surface area contributed by atoms with Gasteiger partial charge in [-0.1, -0.05) is 30.3 Å². The highest BCUT2D eigenvalue weighted by molar-refractivity contribution is 7.99. The van der Waals surface area contributed by atoms with E-state index in [2.05, 4.69) is 23.1 Å². The minimum absolute atomic E-state index is 0.253. The summed E-state index contributed by atoms with van der Waals surface area (Å²) in [4.78, 5) is 17.9. The molecule has 4 nitrogen and oxygen atoms in total. The Bertz CT molecular complexity index is 685. The summed E-state index contributed by atoms with van der Waals surface area (Å²) in [6, 6.07) is 18.3. The molecule has 132 valence electrons. The van der Waals surface area contributed by atoms with Crippen LogP contribution < -0.4 is 9.64 Å². The third kappa shape index (κ3) is 4.69. The molecule has 1 fully saturated rings. The second kappa shape index (κ2) is 8.81. The largest absolute Gasteiger partial charge is 0.495 e. The lowest BCUT2D eigenvalue weighted by Gasteiger charge is -2.36. The fraction of sp³-hybridized carbons (Fsp3) is 0.350. The average Bonchev–Trinajstić information content (AvgIpc) is 2.69. The van der Waals surface area contributed by atoms with Crippen molar-refractivity contribution in [2.24, 2.45) is 0 Å². The summed E-state index contributed by atoms with van der Waals surface area (Å²) in [5.74, 6) is 1.97. The fourth-order valence-corrected chi connectivity index (χ4v) is 3.88. The molecule has 0 bridgehead atoms. The minimum Gasteiger partial charge on any atom is -0.495 e. The maximum Gasteiger partial charge on any atom is 0.223 e. The van der Waals surface area contributed by atoms with Gasteiger partial charge in [-0.25, -0.2) is 0 Å². The number of thioether (sulfide) groups is 1. The van der Waals surface area contributed by atoms with Crippen molar-refractivity contribution in [3.05, 3.63) is 54.6 Å². The van der Waals surface area contributed by atoms with E-state index in [4.69, 9.17) is 4.74 Å². The number of anilines is 1. The van der Waals surface area contributed by atoms with E-state index in [1.807, 2.05) is 41.3 Å². The van der Waals surface area contributed by atoms with Crippen molar-refractivity contribution in [2.75, 3.05) is 43.9 Å². The van der Waals surface area contributed by atoms with Crippen LogP contribution in [0.4, 0.5) is 5.69 Å². The molecule has 0 aromatic heterocycles. The van der Waals surface area contributed by atoms with Crippen molar-refractivity contribution in [2.45, 2.75) is 11.3 Å². The average molecular weight is 356 g/mol. The maximum atomic E-state index is 12.4. The van der Waals surface area contributed by atoms with Gasteiger partial charge in [0, 0.05) is 43.2 Å². The second-order valence-electron chi connectivity index (χ2n) is 5.95. The van der Waals surface area contributed by atoms with Crippen molar-refractivity contribution in [3.8, 4) is 5.75 Å². The molecule has 0 atom stereocenters. The molecule has 0 radical (unpaired) electrons. The Morgan fingerprint density at radius 2 is 1.68 bits per heavy atom. The summed E-state index contributed by atoms with van der Waals surface area (Å²) >= 11 is 1.74. The number of benzene rings is 2. The highest BCUT2D eigenvalue weighted by atomic mass is 32.2. The van der Waals surface area contributed by atoms with Crippen LogP contribution in [-0.2, 0) is 4.79 Å². The van der Waals surface area contributed by atoms with E-state index in [9.17, 15) is 4.79 Å². The summed E-state index contributed by atoms with van der Waals surface area (Å²) in [6.07, 6.45) is 0.591. The van der Waals surface area contributed by atoms with Crippen molar-refractivity contribution in [3.63, 3.8) is 0 Å². The number of ether oxygens (including phenoxy) is 1. The Kier molecular flexibility index (Phi) is 6.23. The second-order valence-corrected chi connectivity index (χ2v) is 7.12. The molecule has 0 aliphatic carbocycles. The topological polar surface area (TPSA) is 32.8 Å². The Hall–Kier alpha value is -2.14. The van der Waals surface area contributed by atoms with Gasteiger partial charge in [-0.15, -0.1) is 11.8 Å². The lowest BCUT2D eigenvalue weighted by Crippen LogP contribution is -2.49. The van der Waals surface area contributed by atoms with Crippen molar-refractivity contribution >= 4 is 23.4 Å². The predicted molar refractivity (Wildman–Crippen MR) is 104 cm³/mol. The molecular weight excluding hydrogens is 332 g/mol. The standard InChI is InChI=1S/C20H24N2O2S/c1-24-19-10-6-5-9-18(19)21-12-14-22(15-13-21)20(23)11-16-25-17-7-3-2-4-8-17/h2-10H,11-16H2,1H3. The number of hydrogen-bond acceptors (Lipinski definition) is 4. The zero-order valence-corrected chi connectivity index (χ0v) is 15.4. The zero-order chi connectivity index (χ0) is 17.5. The van der Waals surface area contributed by atoms with Crippen LogP contribution >= 0.6 is 11.8 Å². The lowest BCUT2D eigenvalue weighted by molar-refractivity contribution is -0.131. The number of amides is 1. The minimum atomic E-state index is 0.253. The SMILES string of the molecule is COc1ccccc1N1CCN(C(=O)CCSc2ccccc2)CC1. The summed E-state index contributed by atoms with van der Waals surface area (Å²) in [6.45, 7) is 3.23. The predicted octanol–water partition coefficient (Wildman–Crippen LogP) is 3.53. The van der Waals surface area contributed by atoms with Gasteiger partial charge in [-0.3, -0.25) is 4.79 Å². The molecule has 25 heavy (non-hydrogen) atoms. The first-order valence-electron chi connectivity index (χ1n) is 8.61. The molecule has 5 heteroatoms. The number of nitrogens with zero attached hydrogens (tertiary/aromatic N) is 2. The highest BCUT2D eigenvalue weighted by Gasteiger charge is 2.22. The van der Waals surface area contributed by atoms with Gasteiger partial charge in [0.1, 0.15) is 5.75 Å². The smallest absolute Gasteiger partial charge is 0.223 e. The van der Waals surface area contributed by atoms with Gasteiger partial charge in [0.2, 0.25) is 5.91 Å². The monoisotopic (exact) mass is 356 g/mol. The van der Waals surface area contributed by atoms with Gasteiger partial charge in [0.25, 0.3) is 0 Å². The van der Waals surface area contributed by atoms with E-state index in [1.165, 1.54) is 4.90 Å². The Labute approximate surface area is 153 Å². The Morgan fingerprint density at radius 1 is 1.00 bits per heavy atom. The number of rotatable bonds is 6. The van der Waals surface area contributed by atoms with Crippen molar-refractivity contribution in [1.82, 2.24) is 4.90 Å². The molecular formula is C20H24N2O2S. The quantitative estimate of drug-likeness (QED) is 0.742. The third-order valence-electron chi connectivity index (χ3n) is 4.39. The van der Waals surface area contributed by atoms with E-state index in [1.54, 1.807) is 18.9 Å². The first-order valence-corrected chi connectivity index (χ1v) is 9.60. The molecule has 3 rings (SSSR count). The first kappa shape index (κ1) is 17.7. The number of carbonyl (C=O) groups excluding carboxylic acids is 1. The maximum absolute atomic E-state index is 12.4. The molecule has 0 unspecified atom stereocenters. The summed E-state index contributed by atoms with van der Waals surface area (Å²) in [5, 5.41) is 0. The van der Waals surface area contributed by atoms with Gasteiger partial charge < -0.3 is 14.5 Å². The van der Waals surface area contributed by atoms with Crippen LogP contribution in [0.2, 0.25) is 0 Å². The van der Waals surface area contributed by atoms with E-state index >= 15 is 0 Å². The number of piperazine rings is 1. The van der Waals surface area contributed by atoms with E-state index in [0.29, 0.717) is 6.42 Å². The van der Waals surface area contributed by atoms with Gasteiger partial charge in [-0.2, -0.15) is 0 Å². The van der Waals surface area contributed by atoms with Crippen LogP contribution in [0.15, 0.2) is 59.5 Å². The highest BCUT2D eigenvalue weighted by Crippen LogP contribution is 2.28. The van der Waals surface area contributed by atoms with E-state index in [-0.39, 0.29) is 5.91 Å². The molecule has 0 saturated carbocycles. The van der Waals surface area contributed by atoms with E-state index in [0.717, 1.165) is 43.4 Å². The molecule has 0 spiro atoms. The summed E-state index contributed by atoms with van der Waals surface area (Å²) in [5.41, 5.74) is 1.11. The normalized spacial score (nSPS) is 14.4. The summed E-state index contributed by atoms with van der Waals surface area (Å²) in [7, 11) is 1.70. The number of methoxy groups -OCH3 is 1. The van der Waals surface area contributed by atoms with Crippen LogP contribution in [0.25, 0.3) is 0 Å². The van der Waals surface area contributed by atoms with Gasteiger partial charge in [0.05, 0.1) is 12.8 Å². The van der Waals surface area contributed by atoms with Crippen molar-refractivity contribution < 1.29 is 9.53 Å². The first-order chi connectivity index (χ1) is 12.3. The van der Waals surface area contributed by atoms with Crippen LogP contribution in [0.3, 0.4) is 0 Å². The van der Waals surface area contributed by atoms with E-state index < -0.39 is 0 Å². The Morgan fingerprint density at radius 3 is 2.40 bits per heavy atom. The molecule has 0 N–H and O–H groups in total. The molecule has 2 aromatic carbocycles. The van der Waals surface area contributed by atoms with Crippen LogP contribution in [-0.4, -0.2) is 49.8 Å². The molecule has 1 aliphatic heterocycles. The summed E-state index contributed by atoms with van der Waals surface area (Å²) < 4.78 is 5.44. The zero-order valence-electron chi connectivity index (χ0n) is 14.6. The van der Waals surface area contributed by atoms with Gasteiger partial charge in [-0.05, 0) is 24.3 Å². The van der Waals surface area contributed by atoms with Gasteiger partial charge >= 0.3 is 0 Å². The van der Waals surface area contributed by atoms with Crippen molar-refractivity contribution in [1.29, 1.82) is 0 Å². The molecule has 2 aromatic rings. The number of hydrogen-bond donors (Lipinski definition) is 0. The molecule has 1 aliphatic rings. The van der Waals surface area contributed by atoms with Crippen LogP contribution in [0.1, 0.15) is 6.42 Å². The number of para-hydroxylation sites is 2. The third-order valence-corrected chi connectivity index (χ3v) is 5.40. The lowest BCUT2D eigenvalue weighted by atomic mass is 10.2. The van der Waals surface area contributed by atoms with Crippen LogP contribution in [0, 0.1) is 0 Å². The Balaban J connectivity index is 1.46. The number of carbonyl (C=O) groups is 1. The van der Waals surface area contributed by atoms with Gasteiger partial charge in [0.15, 0.2) is 0 Å². The molecule has 1 amide bonds.